The van der Waals surface area contributed by atoms with Crippen LogP contribution in [0.25, 0.3) is 0 Å². The first kappa shape index (κ1) is 60.6. The van der Waals surface area contributed by atoms with Crippen molar-refractivity contribution in [2.45, 2.75) is 201 Å². The van der Waals surface area contributed by atoms with Gasteiger partial charge in [0, 0.05) is 13.2 Å². The lowest BCUT2D eigenvalue weighted by Crippen LogP contribution is -2.29. The molecule has 0 aromatic rings. The monoisotopic (exact) mass is 911 g/mol. The number of unbranched alkanes of at least 4 members (excludes halogenated alkanes) is 14. The van der Waals surface area contributed by atoms with E-state index in [-0.39, 0.29) is 43.1 Å². The second kappa shape index (κ2) is 44.8. The third-order valence-corrected chi connectivity index (χ3v) is 11.2. The van der Waals surface area contributed by atoms with Gasteiger partial charge in [-0.2, -0.15) is 8.42 Å². The molecule has 13 nitrogen and oxygen atoms in total. The Morgan fingerprint density at radius 3 is 1.35 bits per heavy atom. The van der Waals surface area contributed by atoms with Gasteiger partial charge in [-0.05, 0) is 71.1 Å². The summed E-state index contributed by atoms with van der Waals surface area (Å²) in [4.78, 5) is 25.5. The summed E-state index contributed by atoms with van der Waals surface area (Å²) in [7, 11) is -3.47. The highest BCUT2D eigenvalue weighted by atomic mass is 32.2. The van der Waals surface area contributed by atoms with Crippen molar-refractivity contribution < 1.29 is 60.1 Å². The van der Waals surface area contributed by atoms with Crippen LogP contribution in [0.1, 0.15) is 189 Å². The van der Waals surface area contributed by atoms with Crippen LogP contribution in [-0.2, 0) is 61.8 Å². The summed E-state index contributed by atoms with van der Waals surface area (Å²) in [6.07, 6.45) is 25.2. The normalized spacial score (nSPS) is 13.8. The van der Waals surface area contributed by atoms with Gasteiger partial charge in [0.2, 0.25) is 0 Å². The molecule has 0 N–H and O–H groups in total. The van der Waals surface area contributed by atoms with Gasteiger partial charge in [-0.25, -0.2) is 0 Å². The zero-order valence-corrected chi connectivity index (χ0v) is 41.3. The van der Waals surface area contributed by atoms with E-state index in [1.807, 2.05) is 6.92 Å². The van der Waals surface area contributed by atoms with Crippen LogP contribution in [0.5, 0.6) is 0 Å². The van der Waals surface area contributed by atoms with Gasteiger partial charge in [0.05, 0.1) is 84.2 Å². The van der Waals surface area contributed by atoms with Crippen molar-refractivity contribution in [1.82, 2.24) is 0 Å². The number of rotatable bonds is 49. The fourth-order valence-electron chi connectivity index (χ4n) is 6.83. The number of hydrogen-bond donors (Lipinski definition) is 0. The van der Waals surface area contributed by atoms with Crippen molar-refractivity contribution in [3.8, 4) is 0 Å². The van der Waals surface area contributed by atoms with E-state index in [2.05, 4.69) is 31.9 Å². The largest absolute Gasteiger partial charge is 0.465 e. The molecule has 14 heteroatoms. The smallest absolute Gasteiger partial charge is 0.308 e. The summed E-state index contributed by atoms with van der Waals surface area (Å²) in [6, 6.07) is 0. The SMILES string of the molecule is CCCCCCC(CCCC)C(=O)OCCCCCCOCC(COC(C)OCCOCCOCCOS(C)(=O)=O)OCCCCCCOC(=O)C(CCCC)CCCCCC. The lowest BCUT2D eigenvalue weighted by molar-refractivity contribution is -0.166. The van der Waals surface area contributed by atoms with Gasteiger partial charge in [-0.1, -0.05) is 118 Å². The van der Waals surface area contributed by atoms with E-state index < -0.39 is 16.4 Å². The van der Waals surface area contributed by atoms with Crippen LogP contribution in [0.15, 0.2) is 0 Å². The van der Waals surface area contributed by atoms with E-state index in [0.717, 1.165) is 122 Å². The predicted molar refractivity (Wildman–Crippen MR) is 247 cm³/mol. The molecule has 4 atom stereocenters. The van der Waals surface area contributed by atoms with E-state index in [9.17, 15) is 18.0 Å². The zero-order chi connectivity index (χ0) is 45.8. The summed E-state index contributed by atoms with van der Waals surface area (Å²) in [5.74, 6) is 0.0388. The molecular weight excluding hydrogens is 817 g/mol. The Balaban J connectivity index is 4.57. The van der Waals surface area contributed by atoms with E-state index in [1.165, 1.54) is 38.5 Å². The van der Waals surface area contributed by atoms with Crippen molar-refractivity contribution in [3.63, 3.8) is 0 Å². The lowest BCUT2D eigenvalue weighted by Gasteiger charge is -2.21. The molecule has 0 aliphatic rings. The molecule has 0 fully saturated rings. The van der Waals surface area contributed by atoms with Gasteiger partial charge < -0.3 is 37.9 Å². The van der Waals surface area contributed by atoms with Crippen molar-refractivity contribution in [3.05, 3.63) is 0 Å². The highest BCUT2D eigenvalue weighted by Crippen LogP contribution is 2.21. The Morgan fingerprint density at radius 1 is 0.419 bits per heavy atom. The van der Waals surface area contributed by atoms with Gasteiger partial charge in [-0.15, -0.1) is 0 Å². The Kier molecular flexibility index (Phi) is 43.8. The molecule has 370 valence electrons. The second-order valence-corrected chi connectivity index (χ2v) is 18.3. The molecule has 0 radical (unpaired) electrons. The maximum absolute atomic E-state index is 12.8. The van der Waals surface area contributed by atoms with Crippen molar-refractivity contribution >= 4 is 22.1 Å². The Labute approximate surface area is 379 Å². The van der Waals surface area contributed by atoms with Crippen LogP contribution in [-0.4, -0.2) is 118 Å². The number of carbonyl (C=O) groups is 2. The number of ether oxygens (including phenoxy) is 8. The average Bonchev–Trinajstić information content (AvgIpc) is 3.25. The highest BCUT2D eigenvalue weighted by Gasteiger charge is 2.20. The molecule has 0 aromatic carbocycles. The van der Waals surface area contributed by atoms with Gasteiger partial charge >= 0.3 is 11.9 Å². The molecule has 62 heavy (non-hydrogen) atoms. The first-order valence-corrected chi connectivity index (χ1v) is 26.6. The predicted octanol–water partition coefficient (Wildman–Crippen LogP) is 10.5. The average molecular weight is 911 g/mol. The molecule has 0 rings (SSSR count). The maximum atomic E-state index is 12.8. The molecule has 0 spiro atoms. The van der Waals surface area contributed by atoms with Gasteiger partial charge in [0.1, 0.15) is 6.10 Å². The van der Waals surface area contributed by atoms with Crippen LogP contribution >= 0.6 is 0 Å². The molecule has 0 aromatic heterocycles. The van der Waals surface area contributed by atoms with Crippen LogP contribution in [0.2, 0.25) is 0 Å². The van der Waals surface area contributed by atoms with E-state index >= 15 is 0 Å². The quantitative estimate of drug-likeness (QED) is 0.0247. The number of carbonyl (C=O) groups excluding carboxylic acids is 2. The summed E-state index contributed by atoms with van der Waals surface area (Å²) in [5, 5.41) is 0. The topological polar surface area (TPSA) is 151 Å². The third-order valence-electron chi connectivity index (χ3n) is 10.7. The molecule has 0 aliphatic heterocycles. The molecule has 0 bridgehead atoms. The summed E-state index contributed by atoms with van der Waals surface area (Å²) in [5.41, 5.74) is 0. The Hall–Kier alpha value is -1.39. The standard InChI is InChI=1S/C48H94O13S/c1-7-11-15-21-29-44(27-13-9-3)47(49)58-33-25-18-17-23-31-55-41-46(42-60-43(5)56-39-37-53-35-36-54-38-40-61-62(6,51)52)57-32-24-19-20-26-34-59-48(50)45(28-14-10-4)30-22-16-12-8-2/h43-46H,7-42H2,1-6H3. The maximum Gasteiger partial charge on any atom is 0.308 e. The third kappa shape index (κ3) is 41.3. The van der Waals surface area contributed by atoms with Crippen LogP contribution < -0.4 is 0 Å². The van der Waals surface area contributed by atoms with Crippen molar-refractivity contribution in [1.29, 1.82) is 0 Å². The van der Waals surface area contributed by atoms with E-state index in [4.69, 9.17) is 37.9 Å². The minimum atomic E-state index is -3.47. The fraction of sp³-hybridized carbons (Fsp3) is 0.958. The summed E-state index contributed by atoms with van der Waals surface area (Å²) >= 11 is 0. The molecule has 0 saturated carbocycles. The van der Waals surface area contributed by atoms with Crippen LogP contribution in [0.4, 0.5) is 0 Å². The number of esters is 2. The molecule has 0 amide bonds. The highest BCUT2D eigenvalue weighted by molar-refractivity contribution is 7.85. The van der Waals surface area contributed by atoms with Gasteiger partial charge in [0.15, 0.2) is 6.29 Å². The molecule has 0 aliphatic carbocycles. The van der Waals surface area contributed by atoms with Crippen LogP contribution in [0, 0.1) is 11.8 Å². The first-order chi connectivity index (χ1) is 30.1. The minimum Gasteiger partial charge on any atom is -0.465 e. The zero-order valence-electron chi connectivity index (χ0n) is 40.5. The van der Waals surface area contributed by atoms with E-state index in [0.29, 0.717) is 66.1 Å². The summed E-state index contributed by atoms with van der Waals surface area (Å²) in [6.45, 7) is 15.0. The molecule has 0 saturated heterocycles. The van der Waals surface area contributed by atoms with Gasteiger partial charge in [0.25, 0.3) is 10.1 Å². The van der Waals surface area contributed by atoms with Crippen molar-refractivity contribution in [2.75, 3.05) is 85.5 Å². The first-order valence-electron chi connectivity index (χ1n) is 24.8. The van der Waals surface area contributed by atoms with Crippen LogP contribution in [0.3, 0.4) is 0 Å². The number of hydrogen-bond acceptors (Lipinski definition) is 13. The fourth-order valence-corrected chi connectivity index (χ4v) is 7.20. The molecular formula is C48H94O13S. The van der Waals surface area contributed by atoms with E-state index in [1.54, 1.807) is 0 Å². The second-order valence-electron chi connectivity index (χ2n) is 16.6. The van der Waals surface area contributed by atoms with Gasteiger partial charge in [-0.3, -0.25) is 13.8 Å². The Bertz CT molecular complexity index is 1090. The molecule has 0 heterocycles. The summed E-state index contributed by atoms with van der Waals surface area (Å²) < 4.78 is 72.8. The minimum absolute atomic E-state index is 0.0152. The molecule has 4 unspecified atom stereocenters. The Morgan fingerprint density at radius 2 is 0.855 bits per heavy atom. The lowest BCUT2D eigenvalue weighted by atomic mass is 9.95. The van der Waals surface area contributed by atoms with Crippen molar-refractivity contribution in [2.24, 2.45) is 11.8 Å².